The topological polar surface area (TPSA) is 33.1 Å². The molecule has 0 saturated carbocycles. The first-order valence-electron chi connectivity index (χ1n) is 2.12. The molecule has 0 spiro atoms. The van der Waals surface area contributed by atoms with Crippen molar-refractivity contribution in [2.24, 2.45) is 0 Å². The molecule has 1 heterocycles. The molecule has 1 aromatic heterocycles. The van der Waals surface area contributed by atoms with Crippen molar-refractivity contribution < 1.29 is 5.11 Å². The zero-order valence-corrected chi connectivity index (χ0v) is 6.35. The standard InChI is InChI=1S/C4H6NOPS/c1-2-3(6)8-4(7)5-2/h6H,7H2,1H3. The molecule has 1 rings (SSSR count). The van der Waals surface area contributed by atoms with Crippen molar-refractivity contribution in [2.75, 3.05) is 0 Å². The smallest absolute Gasteiger partial charge is 0.195 e. The van der Waals surface area contributed by atoms with E-state index in [1.54, 1.807) is 6.92 Å². The number of aromatic nitrogens is 1. The molecule has 1 N–H and O–H groups in total. The summed E-state index contributed by atoms with van der Waals surface area (Å²) in [5.41, 5.74) is 0.708. The zero-order valence-electron chi connectivity index (χ0n) is 4.38. The minimum Gasteiger partial charge on any atom is -0.498 e. The fraction of sp³-hybridized carbons (Fsp3) is 0.250. The van der Waals surface area contributed by atoms with Crippen molar-refractivity contribution in [3.63, 3.8) is 0 Å². The number of rotatable bonds is 0. The van der Waals surface area contributed by atoms with Gasteiger partial charge in [-0.05, 0) is 6.92 Å². The third-order valence-corrected chi connectivity index (χ3v) is 2.06. The number of thiazole rings is 1. The third-order valence-electron chi connectivity index (χ3n) is 0.789. The van der Waals surface area contributed by atoms with Crippen LogP contribution in [0.1, 0.15) is 5.69 Å². The van der Waals surface area contributed by atoms with Gasteiger partial charge >= 0.3 is 0 Å². The number of aromatic hydroxyl groups is 1. The molecular formula is C4H6NOPS. The Hall–Kier alpha value is -0.140. The molecule has 0 bridgehead atoms. The third kappa shape index (κ3) is 0.984. The molecule has 0 aromatic carbocycles. The number of hydrogen-bond donors (Lipinski definition) is 1. The summed E-state index contributed by atoms with van der Waals surface area (Å²) in [6.07, 6.45) is 0. The summed E-state index contributed by atoms with van der Waals surface area (Å²) >= 11 is 1.28. The molecule has 0 amide bonds. The van der Waals surface area contributed by atoms with E-state index in [1.807, 2.05) is 0 Å². The van der Waals surface area contributed by atoms with E-state index in [-0.39, 0.29) is 0 Å². The average Bonchev–Trinajstić information content (AvgIpc) is 1.85. The van der Waals surface area contributed by atoms with Gasteiger partial charge in [0.25, 0.3) is 0 Å². The highest BCUT2D eigenvalue weighted by atomic mass is 32.1. The van der Waals surface area contributed by atoms with Crippen LogP contribution in [0.3, 0.4) is 0 Å². The summed E-state index contributed by atoms with van der Waals surface area (Å²) in [6.45, 7) is 1.78. The molecule has 44 valence electrons. The second kappa shape index (κ2) is 2.00. The molecule has 0 aliphatic rings. The summed E-state index contributed by atoms with van der Waals surface area (Å²) in [5.74, 6) is 0. The molecule has 2 nitrogen and oxygen atoms in total. The summed E-state index contributed by atoms with van der Waals surface area (Å²) in [4.78, 5) is 3.94. The Labute approximate surface area is 53.8 Å². The van der Waals surface area contributed by atoms with Crippen LogP contribution in [-0.4, -0.2) is 10.1 Å². The van der Waals surface area contributed by atoms with Crippen molar-refractivity contribution in [2.45, 2.75) is 6.92 Å². The van der Waals surface area contributed by atoms with Crippen molar-refractivity contribution in [1.29, 1.82) is 0 Å². The highest BCUT2D eigenvalue weighted by molar-refractivity contribution is 7.43. The first-order chi connectivity index (χ1) is 3.70. The number of nitrogens with zero attached hydrogens (tertiary/aromatic N) is 1. The summed E-state index contributed by atoms with van der Waals surface area (Å²) in [6, 6.07) is 0. The van der Waals surface area contributed by atoms with Gasteiger partial charge in [0.05, 0.1) is 5.69 Å². The Bertz CT molecular complexity index is 178. The zero-order chi connectivity index (χ0) is 6.15. The van der Waals surface area contributed by atoms with Crippen LogP contribution in [0.15, 0.2) is 0 Å². The van der Waals surface area contributed by atoms with Gasteiger partial charge in [0.2, 0.25) is 0 Å². The predicted molar refractivity (Wildman–Crippen MR) is 37.9 cm³/mol. The SMILES string of the molecule is Cc1nc(P)sc1O. The van der Waals surface area contributed by atoms with Crippen molar-refractivity contribution in [1.82, 2.24) is 4.98 Å². The lowest BCUT2D eigenvalue weighted by atomic mass is 10.6. The minimum absolute atomic E-state index is 0.315. The molecule has 0 aliphatic carbocycles. The second-order valence-corrected chi connectivity index (χ2v) is 3.42. The van der Waals surface area contributed by atoms with Crippen LogP contribution in [0.2, 0.25) is 0 Å². The van der Waals surface area contributed by atoms with E-state index in [0.717, 1.165) is 4.75 Å². The number of hydrogen-bond acceptors (Lipinski definition) is 3. The Kier molecular flexibility index (Phi) is 1.49. The summed E-state index contributed by atoms with van der Waals surface area (Å²) in [5, 5.41) is 9.20. The lowest BCUT2D eigenvalue weighted by molar-refractivity contribution is 0.485. The van der Waals surface area contributed by atoms with Crippen LogP contribution in [0.5, 0.6) is 5.06 Å². The fourth-order valence-electron chi connectivity index (χ4n) is 0.409. The largest absolute Gasteiger partial charge is 0.498 e. The van der Waals surface area contributed by atoms with Gasteiger partial charge in [-0.25, -0.2) is 4.98 Å². The van der Waals surface area contributed by atoms with Crippen LogP contribution < -0.4 is 4.75 Å². The van der Waals surface area contributed by atoms with Crippen molar-refractivity contribution in [3.05, 3.63) is 5.69 Å². The van der Waals surface area contributed by atoms with Crippen LogP contribution in [0.25, 0.3) is 0 Å². The van der Waals surface area contributed by atoms with Gasteiger partial charge < -0.3 is 5.11 Å². The Balaban J connectivity index is 3.14. The van der Waals surface area contributed by atoms with Gasteiger partial charge in [-0.2, -0.15) is 0 Å². The Morgan fingerprint density at radius 1 is 1.75 bits per heavy atom. The molecule has 8 heavy (non-hydrogen) atoms. The van der Waals surface area contributed by atoms with Gasteiger partial charge in [0, 0.05) is 0 Å². The first kappa shape index (κ1) is 5.99. The highest BCUT2D eigenvalue weighted by Crippen LogP contribution is 2.18. The van der Waals surface area contributed by atoms with E-state index < -0.39 is 0 Å². The van der Waals surface area contributed by atoms with E-state index >= 15 is 0 Å². The van der Waals surface area contributed by atoms with Gasteiger partial charge in [0.15, 0.2) is 5.06 Å². The Morgan fingerprint density at radius 3 is 2.50 bits per heavy atom. The maximum atomic E-state index is 8.88. The average molecular weight is 147 g/mol. The maximum Gasteiger partial charge on any atom is 0.195 e. The van der Waals surface area contributed by atoms with Gasteiger partial charge in [-0.3, -0.25) is 0 Å². The van der Waals surface area contributed by atoms with E-state index in [2.05, 4.69) is 14.2 Å². The maximum absolute atomic E-state index is 8.88. The van der Waals surface area contributed by atoms with E-state index in [9.17, 15) is 0 Å². The first-order valence-corrected chi connectivity index (χ1v) is 3.51. The Morgan fingerprint density at radius 2 is 2.38 bits per heavy atom. The quantitative estimate of drug-likeness (QED) is 0.547. The molecule has 0 fully saturated rings. The predicted octanol–water partition coefficient (Wildman–Crippen LogP) is 0.658. The van der Waals surface area contributed by atoms with Crippen molar-refractivity contribution >= 4 is 25.3 Å². The van der Waals surface area contributed by atoms with Crippen molar-refractivity contribution in [3.8, 4) is 5.06 Å². The lowest BCUT2D eigenvalue weighted by Gasteiger charge is -1.77. The normalized spacial score (nSPS) is 9.75. The molecule has 0 aliphatic heterocycles. The molecular weight excluding hydrogens is 141 g/mol. The van der Waals surface area contributed by atoms with Crippen LogP contribution in [-0.2, 0) is 0 Å². The molecule has 0 saturated heterocycles. The minimum atomic E-state index is 0.315. The summed E-state index contributed by atoms with van der Waals surface area (Å²) in [7, 11) is 2.43. The van der Waals surface area contributed by atoms with Crippen LogP contribution in [0, 0.1) is 6.92 Å². The van der Waals surface area contributed by atoms with Gasteiger partial charge in [0.1, 0.15) is 4.75 Å². The van der Waals surface area contributed by atoms with E-state index in [4.69, 9.17) is 5.11 Å². The number of aryl methyl sites for hydroxylation is 1. The second-order valence-electron chi connectivity index (χ2n) is 1.44. The summed E-state index contributed by atoms with van der Waals surface area (Å²) < 4.78 is 0.833. The highest BCUT2D eigenvalue weighted by Gasteiger charge is 1.98. The van der Waals surface area contributed by atoms with Crippen LogP contribution >= 0.6 is 20.6 Å². The molecule has 4 heteroatoms. The molecule has 0 radical (unpaired) electrons. The monoisotopic (exact) mass is 147 g/mol. The fourth-order valence-corrected chi connectivity index (χ4v) is 1.51. The van der Waals surface area contributed by atoms with Crippen LogP contribution in [0.4, 0.5) is 0 Å². The van der Waals surface area contributed by atoms with E-state index in [1.165, 1.54) is 11.3 Å². The van der Waals surface area contributed by atoms with Gasteiger partial charge in [-0.1, -0.05) is 20.6 Å². The van der Waals surface area contributed by atoms with E-state index in [0.29, 0.717) is 10.8 Å². The molecule has 1 unspecified atom stereocenters. The van der Waals surface area contributed by atoms with Gasteiger partial charge in [-0.15, -0.1) is 0 Å². The molecule has 1 atom stereocenters. The lowest BCUT2D eigenvalue weighted by Crippen LogP contribution is -1.83. The molecule has 1 aromatic rings.